The number of benzene rings is 1. The third-order valence-corrected chi connectivity index (χ3v) is 3.73. The number of nitrogens with one attached hydrogen (secondary N) is 1. The molecule has 0 aliphatic carbocycles. The molecule has 2 nitrogen and oxygen atoms in total. The van der Waals surface area contributed by atoms with E-state index in [9.17, 15) is 4.39 Å². The number of hydrogen-bond donors (Lipinski definition) is 1. The van der Waals surface area contributed by atoms with E-state index in [1.165, 1.54) is 10.9 Å². The molecule has 0 saturated carbocycles. The van der Waals surface area contributed by atoms with Crippen LogP contribution in [0.1, 0.15) is 21.1 Å². The lowest BCUT2D eigenvalue weighted by atomic mass is 10.1. The Balaban J connectivity index is 2.19. The maximum Gasteiger partial charge on any atom is 0.126 e. The van der Waals surface area contributed by atoms with Crippen LogP contribution in [0.5, 0.6) is 0 Å². The highest BCUT2D eigenvalue weighted by Crippen LogP contribution is 2.21. The Hall–Kier alpha value is -1.26. The predicted octanol–water partition coefficient (Wildman–Crippen LogP) is 2.90. The molecule has 0 amide bonds. The van der Waals surface area contributed by atoms with Crippen LogP contribution in [0.25, 0.3) is 0 Å². The van der Waals surface area contributed by atoms with Crippen LogP contribution < -0.4 is 5.32 Å². The summed E-state index contributed by atoms with van der Waals surface area (Å²) >= 11 is 1.65. The van der Waals surface area contributed by atoms with Crippen LogP contribution in [0.4, 0.5) is 4.39 Å². The van der Waals surface area contributed by atoms with Gasteiger partial charge < -0.3 is 5.32 Å². The summed E-state index contributed by atoms with van der Waals surface area (Å²) in [5, 5.41) is 4.08. The Bertz CT molecular complexity index is 508. The average Bonchev–Trinajstić information content (AvgIpc) is 2.63. The molecule has 2 rings (SSSR count). The normalized spacial score (nSPS) is 10.8. The second-order valence-corrected chi connectivity index (χ2v) is 5.08. The van der Waals surface area contributed by atoms with E-state index < -0.39 is 0 Å². The molecular formula is C13H15FN2S. The van der Waals surface area contributed by atoms with Crippen LogP contribution in [0.15, 0.2) is 24.3 Å². The molecule has 17 heavy (non-hydrogen) atoms. The quantitative estimate of drug-likeness (QED) is 0.902. The van der Waals surface area contributed by atoms with Crippen molar-refractivity contribution >= 4 is 11.3 Å². The summed E-state index contributed by atoms with van der Waals surface area (Å²) in [7, 11) is 1.91. The Morgan fingerprint density at radius 2 is 2.12 bits per heavy atom. The lowest BCUT2D eigenvalue weighted by molar-refractivity contribution is 0.614. The van der Waals surface area contributed by atoms with Crippen molar-refractivity contribution in [3.05, 3.63) is 51.2 Å². The molecule has 0 bridgehead atoms. The van der Waals surface area contributed by atoms with Gasteiger partial charge in [0.2, 0.25) is 0 Å². The number of thiazole rings is 1. The Labute approximate surface area is 105 Å². The Kier molecular flexibility index (Phi) is 3.86. The molecule has 1 heterocycles. The number of aryl methyl sites for hydroxylation is 1. The van der Waals surface area contributed by atoms with Crippen molar-refractivity contribution in [3.8, 4) is 0 Å². The van der Waals surface area contributed by atoms with Crippen LogP contribution in [0.2, 0.25) is 0 Å². The molecule has 2 aromatic rings. The van der Waals surface area contributed by atoms with Gasteiger partial charge in [-0.15, -0.1) is 11.3 Å². The zero-order valence-electron chi connectivity index (χ0n) is 9.96. The highest BCUT2D eigenvalue weighted by molar-refractivity contribution is 7.11. The molecule has 4 heteroatoms. The van der Waals surface area contributed by atoms with E-state index in [0.29, 0.717) is 12.0 Å². The van der Waals surface area contributed by atoms with E-state index in [0.717, 1.165) is 17.2 Å². The van der Waals surface area contributed by atoms with Crippen molar-refractivity contribution in [2.45, 2.75) is 19.9 Å². The topological polar surface area (TPSA) is 24.9 Å². The molecule has 1 aromatic carbocycles. The average molecular weight is 250 g/mol. The van der Waals surface area contributed by atoms with Gasteiger partial charge in [-0.1, -0.05) is 18.2 Å². The summed E-state index contributed by atoms with van der Waals surface area (Å²) in [5.41, 5.74) is 1.74. The van der Waals surface area contributed by atoms with Crippen LogP contribution in [-0.4, -0.2) is 12.0 Å². The zero-order valence-corrected chi connectivity index (χ0v) is 10.8. The molecule has 0 atom stereocenters. The SMILES string of the molecule is CNCc1sc(Cc2ccccc2F)nc1C. The van der Waals surface area contributed by atoms with Crippen molar-refractivity contribution in [1.82, 2.24) is 10.3 Å². The fourth-order valence-corrected chi connectivity index (χ4v) is 2.80. The molecule has 1 N–H and O–H groups in total. The second-order valence-electron chi connectivity index (χ2n) is 3.91. The highest BCUT2D eigenvalue weighted by atomic mass is 32.1. The summed E-state index contributed by atoms with van der Waals surface area (Å²) in [6.45, 7) is 2.81. The predicted molar refractivity (Wildman–Crippen MR) is 68.8 cm³/mol. The van der Waals surface area contributed by atoms with Crippen molar-refractivity contribution in [3.63, 3.8) is 0 Å². The van der Waals surface area contributed by atoms with Gasteiger partial charge in [0.05, 0.1) is 10.7 Å². The van der Waals surface area contributed by atoms with Gasteiger partial charge in [0, 0.05) is 17.8 Å². The van der Waals surface area contributed by atoms with E-state index in [2.05, 4.69) is 10.3 Å². The molecule has 0 spiro atoms. The summed E-state index contributed by atoms with van der Waals surface area (Å²) in [4.78, 5) is 5.70. The molecule has 0 fully saturated rings. The summed E-state index contributed by atoms with van der Waals surface area (Å²) in [6, 6.07) is 6.86. The fraction of sp³-hybridized carbons (Fsp3) is 0.308. The molecule has 0 aliphatic rings. The van der Waals surface area contributed by atoms with E-state index in [-0.39, 0.29) is 5.82 Å². The zero-order chi connectivity index (χ0) is 12.3. The minimum Gasteiger partial charge on any atom is -0.315 e. The van der Waals surface area contributed by atoms with E-state index >= 15 is 0 Å². The van der Waals surface area contributed by atoms with Crippen LogP contribution in [-0.2, 0) is 13.0 Å². The van der Waals surface area contributed by atoms with Crippen molar-refractivity contribution in [2.75, 3.05) is 7.05 Å². The minimum atomic E-state index is -0.157. The van der Waals surface area contributed by atoms with Gasteiger partial charge in [-0.2, -0.15) is 0 Å². The number of nitrogens with zero attached hydrogens (tertiary/aromatic N) is 1. The Morgan fingerprint density at radius 3 is 2.82 bits per heavy atom. The van der Waals surface area contributed by atoms with Gasteiger partial charge in [-0.3, -0.25) is 0 Å². The first-order chi connectivity index (χ1) is 8.20. The number of rotatable bonds is 4. The van der Waals surface area contributed by atoms with Gasteiger partial charge in [-0.25, -0.2) is 9.37 Å². The third kappa shape index (κ3) is 2.90. The maximum atomic E-state index is 13.5. The van der Waals surface area contributed by atoms with Crippen molar-refractivity contribution in [1.29, 1.82) is 0 Å². The molecule has 1 aromatic heterocycles. The summed E-state index contributed by atoms with van der Waals surface area (Å²) < 4.78 is 13.5. The molecular weight excluding hydrogens is 235 g/mol. The smallest absolute Gasteiger partial charge is 0.126 e. The first-order valence-electron chi connectivity index (χ1n) is 5.54. The van der Waals surface area contributed by atoms with Crippen LogP contribution in [0, 0.1) is 12.7 Å². The molecule has 0 radical (unpaired) electrons. The number of halogens is 1. The van der Waals surface area contributed by atoms with Gasteiger partial charge in [0.25, 0.3) is 0 Å². The fourth-order valence-electron chi connectivity index (χ4n) is 1.69. The molecule has 0 saturated heterocycles. The van der Waals surface area contributed by atoms with Gasteiger partial charge >= 0.3 is 0 Å². The second kappa shape index (κ2) is 5.38. The lowest BCUT2D eigenvalue weighted by Gasteiger charge is -1.99. The largest absolute Gasteiger partial charge is 0.315 e. The standard InChI is InChI=1S/C13H15FN2S/c1-9-12(8-15-2)17-13(16-9)7-10-5-3-4-6-11(10)14/h3-6,15H,7-8H2,1-2H3. The van der Waals surface area contributed by atoms with Gasteiger partial charge in [-0.05, 0) is 25.6 Å². The number of hydrogen-bond acceptors (Lipinski definition) is 3. The first-order valence-corrected chi connectivity index (χ1v) is 6.35. The van der Waals surface area contributed by atoms with Crippen LogP contribution >= 0.6 is 11.3 Å². The van der Waals surface area contributed by atoms with E-state index in [1.54, 1.807) is 17.4 Å². The third-order valence-electron chi connectivity index (χ3n) is 2.57. The monoisotopic (exact) mass is 250 g/mol. The van der Waals surface area contributed by atoms with E-state index in [1.807, 2.05) is 26.1 Å². The molecule has 90 valence electrons. The number of aromatic nitrogens is 1. The van der Waals surface area contributed by atoms with Crippen molar-refractivity contribution < 1.29 is 4.39 Å². The summed E-state index contributed by atoms with van der Waals surface area (Å²) in [5.74, 6) is -0.157. The van der Waals surface area contributed by atoms with Crippen LogP contribution in [0.3, 0.4) is 0 Å². The Morgan fingerprint density at radius 1 is 1.35 bits per heavy atom. The molecule has 0 aliphatic heterocycles. The van der Waals surface area contributed by atoms with Gasteiger partial charge in [0.1, 0.15) is 5.82 Å². The molecule has 0 unspecified atom stereocenters. The first kappa shape index (κ1) is 12.2. The van der Waals surface area contributed by atoms with Crippen molar-refractivity contribution in [2.24, 2.45) is 0 Å². The van der Waals surface area contributed by atoms with Gasteiger partial charge in [0.15, 0.2) is 0 Å². The minimum absolute atomic E-state index is 0.157. The maximum absolute atomic E-state index is 13.5. The van der Waals surface area contributed by atoms with E-state index in [4.69, 9.17) is 0 Å². The summed E-state index contributed by atoms with van der Waals surface area (Å²) in [6.07, 6.45) is 0.571. The lowest BCUT2D eigenvalue weighted by Crippen LogP contribution is -2.04. The highest BCUT2D eigenvalue weighted by Gasteiger charge is 2.09.